The van der Waals surface area contributed by atoms with Crippen LogP contribution in [0, 0.1) is 0 Å². The molecule has 1 saturated heterocycles. The van der Waals surface area contributed by atoms with Crippen LogP contribution in [-0.2, 0) is 0 Å². The van der Waals surface area contributed by atoms with E-state index in [1.165, 1.54) is 0 Å². The summed E-state index contributed by atoms with van der Waals surface area (Å²) in [5, 5.41) is 13.0. The first-order valence-electron chi connectivity index (χ1n) is 9.91. The van der Waals surface area contributed by atoms with E-state index in [4.69, 9.17) is 4.74 Å². The molecule has 1 aromatic carbocycles. The van der Waals surface area contributed by atoms with Gasteiger partial charge in [-0.3, -0.25) is 9.78 Å². The van der Waals surface area contributed by atoms with Crippen LogP contribution in [0.25, 0.3) is 22.3 Å². The normalized spacial score (nSPS) is 18.0. The highest BCUT2D eigenvalue weighted by Gasteiger charge is 2.40. The highest BCUT2D eigenvalue weighted by molar-refractivity contribution is 5.93. The van der Waals surface area contributed by atoms with Gasteiger partial charge in [0.25, 0.3) is 0 Å². The van der Waals surface area contributed by atoms with Crippen molar-refractivity contribution in [2.24, 2.45) is 0 Å². The molecule has 0 spiro atoms. The van der Waals surface area contributed by atoms with E-state index in [1.54, 1.807) is 6.33 Å². The van der Waals surface area contributed by atoms with Crippen LogP contribution in [0.15, 0.2) is 49.1 Å². The summed E-state index contributed by atoms with van der Waals surface area (Å²) in [6.45, 7) is 3.92. The van der Waals surface area contributed by atoms with Crippen molar-refractivity contribution < 1.29 is 4.74 Å². The van der Waals surface area contributed by atoms with Gasteiger partial charge in [0.1, 0.15) is 29.2 Å². The molecule has 1 N–H and O–H groups in total. The Morgan fingerprint density at radius 1 is 1.17 bits per heavy atom. The maximum absolute atomic E-state index is 6.13. The Balaban J connectivity index is 1.28. The molecule has 1 aliphatic carbocycles. The molecule has 0 bridgehead atoms. The van der Waals surface area contributed by atoms with Crippen molar-refractivity contribution in [3.63, 3.8) is 0 Å². The molecule has 1 saturated carbocycles. The van der Waals surface area contributed by atoms with Crippen LogP contribution in [0.5, 0.6) is 5.75 Å². The van der Waals surface area contributed by atoms with Crippen LogP contribution >= 0.6 is 0 Å². The van der Waals surface area contributed by atoms with Gasteiger partial charge in [-0.25, -0.2) is 9.97 Å². The average Bonchev–Trinajstić information content (AvgIpc) is 3.10. The zero-order valence-corrected chi connectivity index (χ0v) is 16.1. The third-order valence-electron chi connectivity index (χ3n) is 5.83. The number of rotatable bonds is 5. The fraction of sp³-hybridized carbons (Fsp3) is 0.333. The number of nitrogens with zero attached hydrogens (tertiary/aromatic N) is 6. The number of fused-ring (bicyclic) bond motifs is 1. The van der Waals surface area contributed by atoms with Crippen LogP contribution in [0.2, 0.25) is 0 Å². The van der Waals surface area contributed by atoms with Gasteiger partial charge < -0.3 is 9.64 Å². The Kier molecular flexibility index (Phi) is 3.44. The number of anilines is 1. The molecule has 0 atom stereocenters. The Morgan fingerprint density at radius 2 is 2.07 bits per heavy atom. The zero-order valence-electron chi connectivity index (χ0n) is 16.1. The minimum absolute atomic E-state index is 0.0116. The van der Waals surface area contributed by atoms with Crippen LogP contribution in [0.1, 0.15) is 25.8 Å². The topological polar surface area (TPSA) is 84.8 Å². The average molecular weight is 387 g/mol. The predicted molar refractivity (Wildman–Crippen MR) is 109 cm³/mol. The Bertz CT molecular complexity index is 1170. The van der Waals surface area contributed by atoms with Crippen molar-refractivity contribution >= 4 is 16.7 Å². The van der Waals surface area contributed by atoms with Crippen molar-refractivity contribution in [3.05, 3.63) is 49.1 Å². The van der Waals surface area contributed by atoms with Crippen molar-refractivity contribution in [3.8, 4) is 17.1 Å². The van der Waals surface area contributed by atoms with Gasteiger partial charge >= 0.3 is 0 Å². The van der Waals surface area contributed by atoms with Crippen molar-refractivity contribution in [1.29, 1.82) is 0 Å². The van der Waals surface area contributed by atoms with Gasteiger partial charge in [0.2, 0.25) is 0 Å². The highest BCUT2D eigenvalue weighted by atomic mass is 16.5. The van der Waals surface area contributed by atoms with Gasteiger partial charge in [-0.15, -0.1) is 0 Å². The predicted octanol–water partition coefficient (Wildman–Crippen LogP) is 3.21. The van der Waals surface area contributed by atoms with Crippen molar-refractivity contribution in [2.45, 2.75) is 31.4 Å². The monoisotopic (exact) mass is 387 g/mol. The van der Waals surface area contributed by atoms with Gasteiger partial charge in [0.05, 0.1) is 17.3 Å². The molecule has 3 aromatic heterocycles. The quantitative estimate of drug-likeness (QED) is 0.566. The van der Waals surface area contributed by atoms with Gasteiger partial charge in [-0.2, -0.15) is 10.2 Å². The third-order valence-corrected chi connectivity index (χ3v) is 5.83. The van der Waals surface area contributed by atoms with Crippen molar-refractivity contribution in [1.82, 2.24) is 29.9 Å². The molecule has 0 radical (unpaired) electrons. The second-order valence-corrected chi connectivity index (χ2v) is 8.14. The van der Waals surface area contributed by atoms with Crippen LogP contribution in [0.4, 0.5) is 5.82 Å². The minimum Gasteiger partial charge on any atom is -0.488 e. The van der Waals surface area contributed by atoms with Crippen LogP contribution < -0.4 is 9.64 Å². The number of aromatic nitrogens is 6. The van der Waals surface area contributed by atoms with Crippen molar-refractivity contribution in [2.75, 3.05) is 18.0 Å². The molecule has 8 heteroatoms. The lowest BCUT2D eigenvalue weighted by atomic mass is 10.1. The summed E-state index contributed by atoms with van der Waals surface area (Å²) < 4.78 is 8.13. The molecular weight excluding hydrogens is 366 g/mol. The fourth-order valence-electron chi connectivity index (χ4n) is 3.77. The van der Waals surface area contributed by atoms with E-state index in [0.29, 0.717) is 6.04 Å². The summed E-state index contributed by atoms with van der Waals surface area (Å²) in [5.74, 6) is 1.78. The van der Waals surface area contributed by atoms with Gasteiger partial charge in [-0.1, -0.05) is 0 Å². The Labute approximate surface area is 167 Å². The smallest absolute Gasteiger partial charge is 0.132 e. The number of hydrogen-bond acceptors (Lipinski definition) is 6. The van der Waals surface area contributed by atoms with Gasteiger partial charge in [0, 0.05) is 36.9 Å². The van der Waals surface area contributed by atoms with E-state index in [-0.39, 0.29) is 5.60 Å². The molecule has 8 nitrogen and oxygen atoms in total. The molecule has 1 aliphatic heterocycles. The highest BCUT2D eigenvalue weighted by Crippen LogP contribution is 2.40. The summed E-state index contributed by atoms with van der Waals surface area (Å²) in [6.07, 6.45) is 7.64. The lowest BCUT2D eigenvalue weighted by Gasteiger charge is -2.40. The zero-order chi connectivity index (χ0) is 19.4. The summed E-state index contributed by atoms with van der Waals surface area (Å²) in [4.78, 5) is 11.2. The lowest BCUT2D eigenvalue weighted by molar-refractivity contribution is 0.200. The van der Waals surface area contributed by atoms with Gasteiger partial charge in [0.15, 0.2) is 0 Å². The number of aromatic amines is 1. The Morgan fingerprint density at radius 3 is 2.86 bits per heavy atom. The molecular formula is C21H21N7O. The molecule has 6 rings (SSSR count). The Hall–Kier alpha value is -3.42. The van der Waals surface area contributed by atoms with Crippen LogP contribution in [-0.4, -0.2) is 48.6 Å². The molecule has 4 aromatic rings. The van der Waals surface area contributed by atoms with E-state index in [2.05, 4.69) is 43.2 Å². The maximum Gasteiger partial charge on any atom is 0.132 e. The molecule has 2 aliphatic rings. The fourth-order valence-corrected chi connectivity index (χ4v) is 3.77. The van der Waals surface area contributed by atoms with E-state index >= 15 is 0 Å². The first-order valence-corrected chi connectivity index (χ1v) is 9.91. The molecule has 4 heterocycles. The second kappa shape index (κ2) is 6.04. The first-order chi connectivity index (χ1) is 14.2. The maximum atomic E-state index is 6.13. The number of ether oxygens (including phenoxy) is 1. The molecule has 2 fully saturated rings. The SMILES string of the molecule is CC1(Oc2ccc3[nH]nc(-c4cc(N5CC(n6cccn6)C5)ncn4)c3c2)CC1. The van der Waals surface area contributed by atoms with Crippen LogP contribution in [0.3, 0.4) is 0 Å². The number of nitrogens with one attached hydrogen (secondary N) is 1. The van der Waals surface area contributed by atoms with E-state index in [9.17, 15) is 0 Å². The summed E-state index contributed by atoms with van der Waals surface area (Å²) >= 11 is 0. The summed E-state index contributed by atoms with van der Waals surface area (Å²) in [7, 11) is 0. The molecule has 29 heavy (non-hydrogen) atoms. The number of H-pyrrole nitrogens is 1. The minimum atomic E-state index is -0.0116. The number of hydrogen-bond donors (Lipinski definition) is 1. The molecule has 0 amide bonds. The standard InChI is InChI=1S/C21H21N7O/c1-21(5-6-21)29-15-3-4-17-16(9-15)20(26-25-17)18-10-19(23-13-22-18)27-11-14(12-27)28-8-2-7-24-28/h2-4,7-10,13-14H,5-6,11-12H2,1H3,(H,25,26). The summed E-state index contributed by atoms with van der Waals surface area (Å²) in [5.41, 5.74) is 2.58. The van der Waals surface area contributed by atoms with E-state index in [0.717, 1.165) is 59.8 Å². The lowest BCUT2D eigenvalue weighted by Crippen LogP contribution is -2.48. The molecule has 0 unspecified atom stereocenters. The molecule has 146 valence electrons. The largest absolute Gasteiger partial charge is 0.488 e. The first kappa shape index (κ1) is 16.5. The summed E-state index contributed by atoms with van der Waals surface area (Å²) in [6, 6.07) is 10.4. The number of benzene rings is 1. The second-order valence-electron chi connectivity index (χ2n) is 8.14. The van der Waals surface area contributed by atoms with Gasteiger partial charge in [-0.05, 0) is 44.0 Å². The third kappa shape index (κ3) is 2.91. The van der Waals surface area contributed by atoms with E-state index < -0.39 is 0 Å². The van der Waals surface area contributed by atoms with E-state index in [1.807, 2.05) is 41.3 Å².